The molecule has 1 aromatic heterocycles. The summed E-state index contributed by atoms with van der Waals surface area (Å²) < 4.78 is 17.5. The van der Waals surface area contributed by atoms with Crippen molar-refractivity contribution >= 4 is 15.9 Å². The molecule has 7 nitrogen and oxygen atoms in total. The highest BCUT2D eigenvalue weighted by Gasteiger charge is 2.35. The zero-order valence-corrected chi connectivity index (χ0v) is 16.0. The number of nitriles is 1. The third-order valence-corrected chi connectivity index (χ3v) is 5.33. The maximum Gasteiger partial charge on any atom is 0.244 e. The minimum absolute atomic E-state index is 0.0617. The number of ether oxygens (including phenoxy) is 3. The van der Waals surface area contributed by atoms with Gasteiger partial charge in [0.15, 0.2) is 11.5 Å². The van der Waals surface area contributed by atoms with Crippen molar-refractivity contribution in [3.05, 3.63) is 69.5 Å². The molecule has 0 saturated carbocycles. The average molecular weight is 437 g/mol. The SMILES string of the molecule is N#CC1=C(N)Oc2n[nH]c(-c3ccc4c(c3)OCO4)c2[C@@H]1c1ccc(Br)cc1. The molecule has 0 aliphatic carbocycles. The highest BCUT2D eigenvalue weighted by atomic mass is 79.9. The number of nitrogens with one attached hydrogen (secondary N) is 1. The van der Waals surface area contributed by atoms with Gasteiger partial charge < -0.3 is 19.9 Å². The highest BCUT2D eigenvalue weighted by Crippen LogP contribution is 2.47. The molecule has 0 fully saturated rings. The number of fused-ring (bicyclic) bond motifs is 2. The molecule has 0 spiro atoms. The maximum absolute atomic E-state index is 9.75. The summed E-state index contributed by atoms with van der Waals surface area (Å²) >= 11 is 3.45. The van der Waals surface area contributed by atoms with Gasteiger partial charge in [-0.1, -0.05) is 28.1 Å². The molecule has 0 radical (unpaired) electrons. The van der Waals surface area contributed by atoms with Gasteiger partial charge >= 0.3 is 0 Å². The summed E-state index contributed by atoms with van der Waals surface area (Å²) in [6, 6.07) is 15.6. The van der Waals surface area contributed by atoms with Gasteiger partial charge in [-0.2, -0.15) is 5.26 Å². The first-order valence-corrected chi connectivity index (χ1v) is 9.26. The molecule has 0 bridgehead atoms. The first kappa shape index (κ1) is 16.7. The second-order valence-electron chi connectivity index (χ2n) is 6.36. The van der Waals surface area contributed by atoms with Crippen molar-refractivity contribution in [2.45, 2.75) is 5.92 Å². The van der Waals surface area contributed by atoms with Crippen LogP contribution >= 0.6 is 15.9 Å². The van der Waals surface area contributed by atoms with E-state index in [1.54, 1.807) is 0 Å². The number of aromatic nitrogens is 2. The number of rotatable bonds is 2. The van der Waals surface area contributed by atoms with E-state index in [2.05, 4.69) is 32.2 Å². The summed E-state index contributed by atoms with van der Waals surface area (Å²) in [5.41, 5.74) is 9.62. The van der Waals surface area contributed by atoms with E-state index in [1.807, 2.05) is 42.5 Å². The number of benzene rings is 2. The van der Waals surface area contributed by atoms with E-state index in [-0.39, 0.29) is 12.7 Å². The third kappa shape index (κ3) is 2.52. The van der Waals surface area contributed by atoms with Crippen LogP contribution in [0.15, 0.2) is 58.4 Å². The van der Waals surface area contributed by atoms with Crippen LogP contribution in [-0.2, 0) is 0 Å². The normalized spacial score (nSPS) is 17.1. The lowest BCUT2D eigenvalue weighted by Gasteiger charge is -2.24. The first-order valence-electron chi connectivity index (χ1n) is 8.47. The number of halogens is 1. The predicted molar refractivity (Wildman–Crippen MR) is 104 cm³/mol. The number of aromatic amines is 1. The van der Waals surface area contributed by atoms with E-state index >= 15 is 0 Å². The Hall–Kier alpha value is -3.44. The summed E-state index contributed by atoms with van der Waals surface area (Å²) in [6.45, 7) is 0.197. The second kappa shape index (κ2) is 6.32. The van der Waals surface area contributed by atoms with Crippen LogP contribution in [0.4, 0.5) is 0 Å². The van der Waals surface area contributed by atoms with Gasteiger partial charge in [0.1, 0.15) is 11.6 Å². The molecule has 3 heterocycles. The van der Waals surface area contributed by atoms with Gasteiger partial charge in [0.05, 0.1) is 17.2 Å². The minimum Gasteiger partial charge on any atom is -0.454 e. The first-order chi connectivity index (χ1) is 13.7. The molecule has 0 amide bonds. The van der Waals surface area contributed by atoms with Crippen molar-refractivity contribution < 1.29 is 14.2 Å². The van der Waals surface area contributed by atoms with Crippen LogP contribution in [0.1, 0.15) is 17.0 Å². The molecule has 28 heavy (non-hydrogen) atoms. The van der Waals surface area contributed by atoms with Gasteiger partial charge in [0.2, 0.25) is 18.6 Å². The average Bonchev–Trinajstić information content (AvgIpc) is 3.33. The number of hydrogen-bond acceptors (Lipinski definition) is 6. The molecule has 0 unspecified atom stereocenters. The maximum atomic E-state index is 9.75. The molecule has 1 atom stereocenters. The molecule has 5 rings (SSSR count). The Morgan fingerprint density at radius 3 is 2.71 bits per heavy atom. The molecule has 0 saturated heterocycles. The Morgan fingerprint density at radius 1 is 1.14 bits per heavy atom. The van der Waals surface area contributed by atoms with E-state index < -0.39 is 5.92 Å². The van der Waals surface area contributed by atoms with Gasteiger partial charge in [-0.3, -0.25) is 5.10 Å². The standard InChI is InChI=1S/C20H13BrN4O3/c21-12-4-1-10(2-5-12)16-13(8-22)19(23)28-20-17(16)18(24-25-20)11-3-6-14-15(7-11)27-9-26-14/h1-7,16H,9,23H2,(H,24,25)/t16-/m1/s1. The van der Waals surface area contributed by atoms with E-state index in [0.29, 0.717) is 23.0 Å². The van der Waals surface area contributed by atoms with Gasteiger partial charge in [0, 0.05) is 10.0 Å². The molecule has 2 aliphatic rings. The third-order valence-electron chi connectivity index (χ3n) is 4.80. The fourth-order valence-electron chi connectivity index (χ4n) is 3.51. The van der Waals surface area contributed by atoms with Gasteiger partial charge in [0.25, 0.3) is 0 Å². The van der Waals surface area contributed by atoms with Crippen LogP contribution in [0.5, 0.6) is 17.4 Å². The topological polar surface area (TPSA) is 106 Å². The number of H-pyrrole nitrogens is 1. The summed E-state index contributed by atoms with van der Waals surface area (Å²) in [7, 11) is 0. The fraction of sp³-hybridized carbons (Fsp3) is 0.100. The summed E-state index contributed by atoms with van der Waals surface area (Å²) in [5.74, 6) is 1.37. The van der Waals surface area contributed by atoms with Crippen molar-refractivity contribution in [3.63, 3.8) is 0 Å². The zero-order valence-electron chi connectivity index (χ0n) is 14.4. The van der Waals surface area contributed by atoms with E-state index in [0.717, 1.165) is 26.9 Å². The van der Waals surface area contributed by atoms with Crippen molar-refractivity contribution in [1.29, 1.82) is 5.26 Å². The molecule has 138 valence electrons. The molecule has 3 aromatic rings. The van der Waals surface area contributed by atoms with E-state index in [4.69, 9.17) is 19.9 Å². The van der Waals surface area contributed by atoms with Crippen LogP contribution in [0.25, 0.3) is 11.3 Å². The number of allylic oxidation sites excluding steroid dienone is 1. The molecule has 8 heteroatoms. The smallest absolute Gasteiger partial charge is 0.244 e. The van der Waals surface area contributed by atoms with Crippen molar-refractivity contribution in [3.8, 4) is 34.7 Å². The quantitative estimate of drug-likeness (QED) is 0.632. The van der Waals surface area contributed by atoms with Crippen molar-refractivity contribution in [1.82, 2.24) is 10.2 Å². The molecule has 3 N–H and O–H groups in total. The summed E-state index contributed by atoms with van der Waals surface area (Å²) in [5, 5.41) is 17.1. The number of hydrogen-bond donors (Lipinski definition) is 2. The second-order valence-corrected chi connectivity index (χ2v) is 7.28. The van der Waals surface area contributed by atoms with Crippen LogP contribution in [-0.4, -0.2) is 17.0 Å². The Labute approximate surface area is 168 Å². The molecular formula is C20H13BrN4O3. The zero-order chi connectivity index (χ0) is 19.3. The monoisotopic (exact) mass is 436 g/mol. The minimum atomic E-state index is -0.402. The Balaban J connectivity index is 1.70. The lowest BCUT2D eigenvalue weighted by atomic mass is 9.83. The largest absolute Gasteiger partial charge is 0.454 e. The van der Waals surface area contributed by atoms with Crippen molar-refractivity contribution in [2.24, 2.45) is 5.73 Å². The van der Waals surface area contributed by atoms with Gasteiger partial charge in [-0.25, -0.2) is 0 Å². The Morgan fingerprint density at radius 2 is 1.93 bits per heavy atom. The van der Waals surface area contributed by atoms with Gasteiger partial charge in [-0.05, 0) is 35.9 Å². The van der Waals surface area contributed by atoms with E-state index in [1.165, 1.54) is 0 Å². The summed E-state index contributed by atoms with van der Waals surface area (Å²) in [6.07, 6.45) is 0. The molecule has 2 aliphatic heterocycles. The van der Waals surface area contributed by atoms with Crippen molar-refractivity contribution in [2.75, 3.05) is 6.79 Å². The predicted octanol–water partition coefficient (Wildman–Crippen LogP) is 3.79. The number of nitrogens with zero attached hydrogens (tertiary/aromatic N) is 2. The molecular weight excluding hydrogens is 424 g/mol. The summed E-state index contributed by atoms with van der Waals surface area (Å²) in [4.78, 5) is 0. The van der Waals surface area contributed by atoms with Crippen LogP contribution in [0, 0.1) is 11.3 Å². The lowest BCUT2D eigenvalue weighted by molar-refractivity contribution is 0.174. The van der Waals surface area contributed by atoms with Gasteiger partial charge in [-0.15, -0.1) is 5.10 Å². The molecule has 2 aromatic carbocycles. The fourth-order valence-corrected chi connectivity index (χ4v) is 3.77. The number of nitrogens with two attached hydrogens (primary N) is 1. The Bertz CT molecular complexity index is 1160. The van der Waals surface area contributed by atoms with Crippen LogP contribution < -0.4 is 19.9 Å². The van der Waals surface area contributed by atoms with Crippen LogP contribution in [0.2, 0.25) is 0 Å². The van der Waals surface area contributed by atoms with Crippen LogP contribution in [0.3, 0.4) is 0 Å². The Kier molecular flexibility index (Phi) is 3.77. The van der Waals surface area contributed by atoms with E-state index in [9.17, 15) is 5.26 Å². The highest BCUT2D eigenvalue weighted by molar-refractivity contribution is 9.10. The lowest BCUT2D eigenvalue weighted by Crippen LogP contribution is -2.20.